The summed E-state index contributed by atoms with van der Waals surface area (Å²) in [5, 5.41) is 4.61. The smallest absolute Gasteiger partial charge is 0.240 e. The van der Waals surface area contributed by atoms with E-state index in [1.165, 1.54) is 0 Å². The van der Waals surface area contributed by atoms with Crippen molar-refractivity contribution in [3.05, 3.63) is 46.6 Å². The molecule has 0 aliphatic carbocycles. The zero-order chi connectivity index (χ0) is 13.0. The van der Waals surface area contributed by atoms with Gasteiger partial charge in [0.05, 0.1) is 13.1 Å². The van der Waals surface area contributed by atoms with Crippen LogP contribution in [0.4, 0.5) is 0 Å². The highest BCUT2D eigenvalue weighted by molar-refractivity contribution is 6.31. The van der Waals surface area contributed by atoms with Crippen molar-refractivity contribution in [2.75, 3.05) is 7.05 Å². The highest BCUT2D eigenvalue weighted by Crippen LogP contribution is 2.16. The first-order chi connectivity index (χ1) is 8.69. The van der Waals surface area contributed by atoms with Gasteiger partial charge in [-0.25, -0.2) is 0 Å². The van der Waals surface area contributed by atoms with Crippen molar-refractivity contribution in [2.24, 2.45) is 5.73 Å². The molecule has 0 unspecified atom stereocenters. The Balaban J connectivity index is 0.00000180. The Hall–Kier alpha value is -1.14. The van der Waals surface area contributed by atoms with E-state index in [1.807, 2.05) is 31.3 Å². The third-order valence-corrected chi connectivity index (χ3v) is 2.86. The Bertz CT molecular complexity index is 518. The molecule has 0 radical (unpaired) electrons. The van der Waals surface area contributed by atoms with Crippen molar-refractivity contribution < 1.29 is 4.52 Å². The minimum absolute atomic E-state index is 0. The van der Waals surface area contributed by atoms with Gasteiger partial charge >= 0.3 is 0 Å². The van der Waals surface area contributed by atoms with Crippen molar-refractivity contribution >= 4 is 24.0 Å². The lowest BCUT2D eigenvalue weighted by molar-refractivity contribution is 0.300. The molecule has 5 nitrogen and oxygen atoms in total. The summed E-state index contributed by atoms with van der Waals surface area (Å²) < 4.78 is 4.95. The summed E-state index contributed by atoms with van der Waals surface area (Å²) in [5.74, 6) is 1.08. The molecule has 7 heteroatoms. The number of benzene rings is 1. The number of halogens is 2. The lowest BCUT2D eigenvalue weighted by Gasteiger charge is -2.15. The second-order valence-corrected chi connectivity index (χ2v) is 4.48. The van der Waals surface area contributed by atoms with Crippen LogP contribution in [0.5, 0.6) is 0 Å². The maximum atomic E-state index is 6.10. The number of nitrogens with two attached hydrogens (primary N) is 1. The highest BCUT2D eigenvalue weighted by Gasteiger charge is 2.09. The highest BCUT2D eigenvalue weighted by atomic mass is 35.5. The molecule has 2 rings (SSSR count). The summed E-state index contributed by atoms with van der Waals surface area (Å²) in [6.45, 7) is 1.59. The van der Waals surface area contributed by atoms with Crippen LogP contribution in [0, 0.1) is 0 Å². The summed E-state index contributed by atoms with van der Waals surface area (Å²) >= 11 is 6.10. The van der Waals surface area contributed by atoms with Crippen LogP contribution in [-0.4, -0.2) is 22.1 Å². The molecule has 1 aromatic heterocycles. The normalized spacial score (nSPS) is 10.5. The van der Waals surface area contributed by atoms with Gasteiger partial charge < -0.3 is 10.3 Å². The summed E-state index contributed by atoms with van der Waals surface area (Å²) in [7, 11) is 1.97. The Labute approximate surface area is 123 Å². The van der Waals surface area contributed by atoms with Crippen molar-refractivity contribution in [3.63, 3.8) is 0 Å². The number of hydrogen-bond donors (Lipinski definition) is 1. The third-order valence-electron chi connectivity index (χ3n) is 2.49. The fourth-order valence-corrected chi connectivity index (χ4v) is 1.85. The molecule has 1 aromatic carbocycles. The number of hydrogen-bond acceptors (Lipinski definition) is 5. The maximum Gasteiger partial charge on any atom is 0.240 e. The van der Waals surface area contributed by atoms with Crippen molar-refractivity contribution in [1.82, 2.24) is 15.0 Å². The predicted molar refractivity (Wildman–Crippen MR) is 76.1 cm³/mol. The number of rotatable bonds is 5. The molecule has 0 bridgehead atoms. The van der Waals surface area contributed by atoms with E-state index in [0.29, 0.717) is 18.3 Å². The van der Waals surface area contributed by atoms with Crippen molar-refractivity contribution in [1.29, 1.82) is 0 Å². The van der Waals surface area contributed by atoms with Crippen LogP contribution < -0.4 is 5.73 Å². The number of nitrogens with zero attached hydrogens (tertiary/aromatic N) is 3. The molecule has 0 aliphatic rings. The second kappa shape index (κ2) is 7.45. The average Bonchev–Trinajstić information content (AvgIpc) is 2.80. The molecule has 0 spiro atoms. The van der Waals surface area contributed by atoms with E-state index in [1.54, 1.807) is 0 Å². The van der Waals surface area contributed by atoms with Gasteiger partial charge in [0.15, 0.2) is 5.82 Å². The van der Waals surface area contributed by atoms with E-state index in [4.69, 9.17) is 21.9 Å². The fourth-order valence-electron chi connectivity index (χ4n) is 1.65. The standard InChI is InChI=1S/C12H15ClN4O.ClH/c1-17(7-9-4-2-3-5-10(9)13)8-11-15-12(6-14)18-16-11;/h2-5H,6-8,14H2,1H3;1H. The molecular weight excluding hydrogens is 287 g/mol. The van der Waals surface area contributed by atoms with E-state index < -0.39 is 0 Å². The molecular formula is C12H16Cl2N4O. The van der Waals surface area contributed by atoms with Gasteiger partial charge in [-0.1, -0.05) is 35.0 Å². The lowest BCUT2D eigenvalue weighted by Crippen LogP contribution is -2.18. The summed E-state index contributed by atoms with van der Waals surface area (Å²) in [6, 6.07) is 7.76. The van der Waals surface area contributed by atoms with Gasteiger partial charge in [0, 0.05) is 11.6 Å². The van der Waals surface area contributed by atoms with Crippen LogP contribution in [0.3, 0.4) is 0 Å². The summed E-state index contributed by atoms with van der Waals surface area (Å²) in [4.78, 5) is 6.22. The van der Waals surface area contributed by atoms with E-state index in [2.05, 4.69) is 15.0 Å². The first-order valence-corrected chi connectivity index (χ1v) is 6.00. The third kappa shape index (κ3) is 4.47. The molecule has 0 saturated carbocycles. The van der Waals surface area contributed by atoms with E-state index in [9.17, 15) is 0 Å². The van der Waals surface area contributed by atoms with Gasteiger partial charge in [-0.3, -0.25) is 4.90 Å². The predicted octanol–water partition coefficient (Wildman–Crippen LogP) is 2.24. The maximum absolute atomic E-state index is 6.10. The topological polar surface area (TPSA) is 68.2 Å². The van der Waals surface area contributed by atoms with Gasteiger partial charge in [-0.2, -0.15) is 4.98 Å². The summed E-state index contributed by atoms with van der Waals surface area (Å²) in [5.41, 5.74) is 6.48. The monoisotopic (exact) mass is 302 g/mol. The first kappa shape index (κ1) is 15.9. The van der Waals surface area contributed by atoms with Crippen molar-refractivity contribution in [3.8, 4) is 0 Å². The van der Waals surface area contributed by atoms with Crippen LogP contribution in [0.2, 0.25) is 5.02 Å². The molecule has 2 aromatic rings. The van der Waals surface area contributed by atoms with Gasteiger partial charge in [-0.05, 0) is 18.7 Å². The molecule has 1 heterocycles. The number of aromatic nitrogens is 2. The molecule has 104 valence electrons. The Morgan fingerprint density at radius 2 is 2.05 bits per heavy atom. The molecule has 0 fully saturated rings. The van der Waals surface area contributed by atoms with Crippen molar-refractivity contribution in [2.45, 2.75) is 19.6 Å². The van der Waals surface area contributed by atoms with Gasteiger partial charge in [-0.15, -0.1) is 12.4 Å². The minimum atomic E-state index is 0. The van der Waals surface area contributed by atoms with Crippen LogP contribution in [0.1, 0.15) is 17.3 Å². The molecule has 2 N–H and O–H groups in total. The van der Waals surface area contributed by atoms with Crippen LogP contribution >= 0.6 is 24.0 Å². The molecule has 0 saturated heterocycles. The molecule has 0 atom stereocenters. The zero-order valence-electron chi connectivity index (χ0n) is 10.5. The van der Waals surface area contributed by atoms with E-state index in [-0.39, 0.29) is 19.0 Å². The second-order valence-electron chi connectivity index (χ2n) is 4.07. The Morgan fingerprint density at radius 3 is 2.68 bits per heavy atom. The minimum Gasteiger partial charge on any atom is -0.338 e. The molecule has 0 aliphatic heterocycles. The zero-order valence-corrected chi connectivity index (χ0v) is 12.1. The van der Waals surface area contributed by atoms with Crippen LogP contribution in [-0.2, 0) is 19.6 Å². The average molecular weight is 303 g/mol. The SMILES string of the molecule is CN(Cc1noc(CN)n1)Cc1ccccc1Cl.Cl. The Kier molecular flexibility index (Phi) is 6.24. The molecule has 0 amide bonds. The first-order valence-electron chi connectivity index (χ1n) is 5.62. The summed E-state index contributed by atoms with van der Waals surface area (Å²) in [6.07, 6.45) is 0. The van der Waals surface area contributed by atoms with Crippen LogP contribution in [0.25, 0.3) is 0 Å². The lowest BCUT2D eigenvalue weighted by atomic mass is 10.2. The quantitative estimate of drug-likeness (QED) is 0.917. The van der Waals surface area contributed by atoms with Gasteiger partial charge in [0.1, 0.15) is 0 Å². The van der Waals surface area contributed by atoms with Crippen LogP contribution in [0.15, 0.2) is 28.8 Å². The van der Waals surface area contributed by atoms with E-state index in [0.717, 1.165) is 17.1 Å². The largest absolute Gasteiger partial charge is 0.338 e. The Morgan fingerprint density at radius 1 is 1.32 bits per heavy atom. The van der Waals surface area contributed by atoms with E-state index >= 15 is 0 Å². The fraction of sp³-hybridized carbons (Fsp3) is 0.333. The van der Waals surface area contributed by atoms with Gasteiger partial charge in [0.2, 0.25) is 5.89 Å². The van der Waals surface area contributed by atoms with Gasteiger partial charge in [0.25, 0.3) is 0 Å². The molecule has 19 heavy (non-hydrogen) atoms.